The fourth-order valence-corrected chi connectivity index (χ4v) is 4.61. The Hall–Kier alpha value is -3.00. The van der Waals surface area contributed by atoms with E-state index < -0.39 is 5.97 Å². The van der Waals surface area contributed by atoms with Crippen molar-refractivity contribution in [3.8, 4) is 0 Å². The number of aromatic carboxylic acids is 1. The smallest absolute Gasteiger partial charge is 0.339 e. The van der Waals surface area contributed by atoms with Crippen molar-refractivity contribution >= 4 is 23.4 Å². The first-order valence-electron chi connectivity index (χ1n) is 11.8. The van der Waals surface area contributed by atoms with E-state index in [9.17, 15) is 14.3 Å². The fourth-order valence-electron chi connectivity index (χ4n) is 4.39. The molecule has 0 unspecified atom stereocenters. The number of anilines is 1. The summed E-state index contributed by atoms with van der Waals surface area (Å²) in [5.41, 5.74) is 3.18. The number of rotatable bonds is 9. The molecule has 1 fully saturated rings. The van der Waals surface area contributed by atoms with Crippen molar-refractivity contribution in [1.82, 2.24) is 14.8 Å². The van der Waals surface area contributed by atoms with Gasteiger partial charge in [0.05, 0.1) is 0 Å². The number of pyridine rings is 1. The van der Waals surface area contributed by atoms with Crippen LogP contribution in [0.1, 0.15) is 34.0 Å². The number of carbonyl (C=O) groups is 1. The molecule has 0 amide bonds. The molecular weight excluding hydrogens is 467 g/mol. The molecule has 2 aromatic carbocycles. The van der Waals surface area contributed by atoms with Crippen LogP contribution in [-0.4, -0.2) is 58.6 Å². The molecule has 1 aromatic heterocycles. The van der Waals surface area contributed by atoms with Crippen molar-refractivity contribution in [1.29, 1.82) is 0 Å². The van der Waals surface area contributed by atoms with Crippen LogP contribution in [0.15, 0.2) is 60.8 Å². The number of carboxylic acids is 1. The molecule has 6 nitrogen and oxygen atoms in total. The summed E-state index contributed by atoms with van der Waals surface area (Å²) in [7, 11) is 0. The Kier molecular flexibility index (Phi) is 8.33. The average Bonchev–Trinajstić information content (AvgIpc) is 2.87. The third-order valence-corrected chi connectivity index (χ3v) is 6.77. The lowest BCUT2D eigenvalue weighted by molar-refractivity contribution is 0.0697. The van der Waals surface area contributed by atoms with Gasteiger partial charge in [-0.05, 0) is 41.9 Å². The maximum atomic E-state index is 14.2. The van der Waals surface area contributed by atoms with Crippen LogP contribution in [0.5, 0.6) is 0 Å². The Bertz CT molecular complexity index is 1130. The number of hydrogen-bond acceptors (Lipinski definition) is 5. The van der Waals surface area contributed by atoms with Crippen molar-refractivity contribution in [2.45, 2.75) is 26.6 Å². The monoisotopic (exact) mass is 496 g/mol. The average molecular weight is 497 g/mol. The number of benzene rings is 2. The first kappa shape index (κ1) is 25.1. The van der Waals surface area contributed by atoms with Crippen LogP contribution >= 0.6 is 11.6 Å². The third-order valence-electron chi connectivity index (χ3n) is 6.41. The minimum absolute atomic E-state index is 0.245. The Labute approximate surface area is 210 Å². The van der Waals surface area contributed by atoms with Crippen molar-refractivity contribution in [3.05, 3.63) is 93.9 Å². The molecule has 184 valence electrons. The number of aromatic nitrogens is 1. The summed E-state index contributed by atoms with van der Waals surface area (Å²) in [6.45, 7) is 8.02. The summed E-state index contributed by atoms with van der Waals surface area (Å²) in [4.78, 5) is 22.4. The quantitative estimate of drug-likeness (QED) is 0.454. The Morgan fingerprint density at radius 2 is 1.74 bits per heavy atom. The van der Waals surface area contributed by atoms with Gasteiger partial charge in [0.1, 0.15) is 17.2 Å². The van der Waals surface area contributed by atoms with Gasteiger partial charge in [0, 0.05) is 62.6 Å². The van der Waals surface area contributed by atoms with Gasteiger partial charge in [-0.3, -0.25) is 9.80 Å². The van der Waals surface area contributed by atoms with Crippen molar-refractivity contribution < 1.29 is 14.3 Å². The van der Waals surface area contributed by atoms with Gasteiger partial charge in [-0.2, -0.15) is 0 Å². The van der Waals surface area contributed by atoms with E-state index in [0.29, 0.717) is 22.9 Å². The molecule has 2 heterocycles. The zero-order chi connectivity index (χ0) is 24.8. The van der Waals surface area contributed by atoms with E-state index in [-0.39, 0.29) is 11.4 Å². The molecule has 0 saturated carbocycles. The Morgan fingerprint density at radius 3 is 2.40 bits per heavy atom. The van der Waals surface area contributed by atoms with Gasteiger partial charge in [-0.1, -0.05) is 48.9 Å². The van der Waals surface area contributed by atoms with Crippen molar-refractivity contribution in [3.63, 3.8) is 0 Å². The van der Waals surface area contributed by atoms with E-state index >= 15 is 0 Å². The molecule has 4 rings (SSSR count). The first-order valence-corrected chi connectivity index (χ1v) is 12.2. The minimum atomic E-state index is -0.950. The molecule has 0 atom stereocenters. The van der Waals surface area contributed by atoms with Crippen molar-refractivity contribution in [2.75, 3.05) is 37.6 Å². The second kappa shape index (κ2) is 11.6. The molecule has 1 aliphatic rings. The predicted molar refractivity (Wildman–Crippen MR) is 136 cm³/mol. The largest absolute Gasteiger partial charge is 0.478 e. The normalized spacial score (nSPS) is 14.5. The molecule has 0 aliphatic carbocycles. The molecule has 0 spiro atoms. The summed E-state index contributed by atoms with van der Waals surface area (Å²) < 4.78 is 14.2. The zero-order valence-corrected chi connectivity index (χ0v) is 20.6. The predicted octanol–water partition coefficient (Wildman–Crippen LogP) is 4.92. The molecule has 3 aromatic rings. The molecule has 1 N–H and O–H groups in total. The molecule has 0 radical (unpaired) electrons. The summed E-state index contributed by atoms with van der Waals surface area (Å²) in [5, 5.41) is 9.89. The van der Waals surface area contributed by atoms with Gasteiger partial charge in [0.2, 0.25) is 0 Å². The molecule has 35 heavy (non-hydrogen) atoms. The number of piperazine rings is 1. The first-order chi connectivity index (χ1) is 16.9. The van der Waals surface area contributed by atoms with Crippen molar-refractivity contribution in [2.24, 2.45) is 0 Å². The summed E-state index contributed by atoms with van der Waals surface area (Å²) in [5.74, 6) is -0.677. The van der Waals surface area contributed by atoms with E-state index in [4.69, 9.17) is 11.6 Å². The third kappa shape index (κ3) is 6.36. The molecule has 1 aliphatic heterocycles. The molecule has 1 saturated heterocycles. The second-order valence-corrected chi connectivity index (χ2v) is 9.17. The number of halogens is 2. The summed E-state index contributed by atoms with van der Waals surface area (Å²) >= 11 is 6.21. The number of carboxylic acid groups (broad SMARTS) is 1. The highest BCUT2D eigenvalue weighted by Crippen LogP contribution is 2.22. The Balaban J connectivity index is 1.31. The lowest BCUT2D eigenvalue weighted by atomic mass is 10.1. The topological polar surface area (TPSA) is 59.9 Å². The molecule has 8 heteroatoms. The van der Waals surface area contributed by atoms with Gasteiger partial charge in [0.15, 0.2) is 0 Å². The van der Waals surface area contributed by atoms with Crippen LogP contribution in [-0.2, 0) is 19.6 Å². The highest BCUT2D eigenvalue weighted by atomic mass is 35.5. The lowest BCUT2D eigenvalue weighted by Crippen LogP contribution is -2.46. The summed E-state index contributed by atoms with van der Waals surface area (Å²) in [6.07, 6.45) is 1.64. The van der Waals surface area contributed by atoms with E-state index in [1.807, 2.05) is 4.90 Å². The van der Waals surface area contributed by atoms with Crippen LogP contribution in [0.25, 0.3) is 0 Å². The minimum Gasteiger partial charge on any atom is -0.478 e. The van der Waals surface area contributed by atoms with Crippen LogP contribution in [0, 0.1) is 5.82 Å². The van der Waals surface area contributed by atoms with E-state index in [1.165, 1.54) is 17.2 Å². The van der Waals surface area contributed by atoms with Crippen LogP contribution in [0.3, 0.4) is 0 Å². The van der Waals surface area contributed by atoms with Crippen LogP contribution in [0.4, 0.5) is 10.2 Å². The van der Waals surface area contributed by atoms with E-state index in [1.54, 1.807) is 30.5 Å². The van der Waals surface area contributed by atoms with Gasteiger partial charge >= 0.3 is 5.97 Å². The van der Waals surface area contributed by atoms with E-state index in [2.05, 4.69) is 46.0 Å². The maximum absolute atomic E-state index is 14.2. The second-order valence-electron chi connectivity index (χ2n) is 8.76. The van der Waals surface area contributed by atoms with Gasteiger partial charge < -0.3 is 10.0 Å². The lowest BCUT2D eigenvalue weighted by Gasteiger charge is -2.35. The molecule has 0 bridgehead atoms. The van der Waals surface area contributed by atoms with Crippen LogP contribution in [0.2, 0.25) is 5.02 Å². The standard InChI is InChI=1S/C27H30ClFN4O2/c1-2-31(19-23-24(28)6-3-7-25(23)29)17-20-8-10-21(11-9-20)18-32-13-15-33(16-14-32)26-22(27(34)35)5-4-12-30-26/h3-12H,2,13-19H2,1H3,(H,34,35). The maximum Gasteiger partial charge on any atom is 0.339 e. The summed E-state index contributed by atoms with van der Waals surface area (Å²) in [6, 6.07) is 16.6. The highest BCUT2D eigenvalue weighted by Gasteiger charge is 2.22. The van der Waals surface area contributed by atoms with Gasteiger partial charge in [-0.15, -0.1) is 0 Å². The molecular formula is C27H30ClFN4O2. The van der Waals surface area contributed by atoms with Crippen LogP contribution < -0.4 is 4.90 Å². The number of hydrogen-bond donors (Lipinski definition) is 1. The zero-order valence-electron chi connectivity index (χ0n) is 19.8. The Morgan fingerprint density at radius 1 is 1.03 bits per heavy atom. The van der Waals surface area contributed by atoms with Gasteiger partial charge in [-0.25, -0.2) is 14.2 Å². The SMILES string of the molecule is CCN(Cc1ccc(CN2CCN(c3ncccc3C(=O)O)CC2)cc1)Cc1c(F)cccc1Cl. The van der Waals surface area contributed by atoms with Gasteiger partial charge in [0.25, 0.3) is 0 Å². The number of nitrogens with zero attached hydrogens (tertiary/aromatic N) is 4. The van der Waals surface area contributed by atoms with E-state index in [0.717, 1.165) is 45.8 Å². The highest BCUT2D eigenvalue weighted by molar-refractivity contribution is 6.31. The fraction of sp³-hybridized carbons (Fsp3) is 0.333.